The number of aliphatic hydroxyl groups is 1. The van der Waals surface area contributed by atoms with Crippen LogP contribution >= 0.6 is 0 Å². The Bertz CT molecular complexity index is 392. The van der Waals surface area contributed by atoms with Crippen molar-refractivity contribution in [2.24, 2.45) is 11.8 Å². The topological polar surface area (TPSA) is 20.2 Å². The van der Waals surface area contributed by atoms with E-state index in [1.807, 2.05) is 0 Å². The molecule has 0 aliphatic heterocycles. The molecule has 1 fully saturated rings. The van der Waals surface area contributed by atoms with Crippen LogP contribution in [-0.2, 0) is 12.8 Å². The van der Waals surface area contributed by atoms with Crippen molar-refractivity contribution >= 4 is 0 Å². The third-order valence-corrected chi connectivity index (χ3v) is 4.98. The smallest absolute Gasteiger partial charge is 0.0574 e. The summed E-state index contributed by atoms with van der Waals surface area (Å²) in [5.41, 5.74) is 2.97. The van der Waals surface area contributed by atoms with Crippen LogP contribution in [0, 0.1) is 11.8 Å². The second kappa shape index (κ2) is 5.44. The van der Waals surface area contributed by atoms with E-state index in [0.29, 0.717) is 5.92 Å². The van der Waals surface area contributed by atoms with E-state index >= 15 is 0 Å². The lowest BCUT2D eigenvalue weighted by Crippen LogP contribution is -2.28. The molecule has 1 saturated carbocycles. The van der Waals surface area contributed by atoms with Crippen LogP contribution in [0.2, 0.25) is 0 Å². The second-order valence-corrected chi connectivity index (χ2v) is 6.23. The lowest BCUT2D eigenvalue weighted by molar-refractivity contribution is 0.0750. The van der Waals surface area contributed by atoms with E-state index in [1.54, 1.807) is 0 Å². The van der Waals surface area contributed by atoms with Gasteiger partial charge in [0, 0.05) is 0 Å². The lowest BCUT2D eigenvalue weighted by Gasteiger charge is -2.29. The second-order valence-electron chi connectivity index (χ2n) is 6.23. The molecule has 1 heteroatoms. The van der Waals surface area contributed by atoms with E-state index in [0.717, 1.165) is 25.2 Å². The first-order valence-electron chi connectivity index (χ1n) is 7.58. The minimum Gasteiger partial charge on any atom is -0.393 e. The van der Waals surface area contributed by atoms with E-state index in [-0.39, 0.29) is 6.10 Å². The van der Waals surface area contributed by atoms with Crippen LogP contribution in [-0.4, -0.2) is 11.2 Å². The Morgan fingerprint density at radius 3 is 2.56 bits per heavy atom. The SMILES string of the molecule is OC(CC1CCCC1)C1CCc2ccccc2C1. The molecule has 0 bridgehead atoms. The van der Waals surface area contributed by atoms with Crippen molar-refractivity contribution in [1.29, 1.82) is 0 Å². The summed E-state index contributed by atoms with van der Waals surface area (Å²) in [6, 6.07) is 8.75. The van der Waals surface area contributed by atoms with Gasteiger partial charge in [-0.2, -0.15) is 0 Å². The molecule has 0 radical (unpaired) electrons. The van der Waals surface area contributed by atoms with Crippen molar-refractivity contribution in [3.63, 3.8) is 0 Å². The van der Waals surface area contributed by atoms with Crippen molar-refractivity contribution in [2.75, 3.05) is 0 Å². The first-order valence-corrected chi connectivity index (χ1v) is 7.58. The van der Waals surface area contributed by atoms with Gasteiger partial charge in [-0.15, -0.1) is 0 Å². The summed E-state index contributed by atoms with van der Waals surface area (Å²) in [6.07, 6.45) is 9.85. The summed E-state index contributed by atoms with van der Waals surface area (Å²) < 4.78 is 0. The van der Waals surface area contributed by atoms with Gasteiger partial charge in [-0.05, 0) is 48.6 Å². The number of benzene rings is 1. The Hall–Kier alpha value is -0.820. The molecule has 0 spiro atoms. The Labute approximate surface area is 110 Å². The molecule has 98 valence electrons. The van der Waals surface area contributed by atoms with Gasteiger partial charge in [-0.25, -0.2) is 0 Å². The fourth-order valence-electron chi connectivity index (χ4n) is 3.83. The van der Waals surface area contributed by atoms with E-state index in [2.05, 4.69) is 24.3 Å². The van der Waals surface area contributed by atoms with Gasteiger partial charge in [0.15, 0.2) is 0 Å². The first-order chi connectivity index (χ1) is 8.83. The molecule has 0 aromatic heterocycles. The summed E-state index contributed by atoms with van der Waals surface area (Å²) in [5, 5.41) is 10.5. The van der Waals surface area contributed by atoms with E-state index in [9.17, 15) is 5.11 Å². The monoisotopic (exact) mass is 244 g/mol. The van der Waals surface area contributed by atoms with Crippen molar-refractivity contribution < 1.29 is 5.11 Å². The quantitative estimate of drug-likeness (QED) is 0.859. The van der Waals surface area contributed by atoms with E-state index in [4.69, 9.17) is 0 Å². The van der Waals surface area contributed by atoms with E-state index in [1.165, 1.54) is 43.2 Å². The van der Waals surface area contributed by atoms with Gasteiger partial charge in [0.1, 0.15) is 0 Å². The average molecular weight is 244 g/mol. The average Bonchev–Trinajstić information content (AvgIpc) is 2.91. The van der Waals surface area contributed by atoms with Gasteiger partial charge in [0.25, 0.3) is 0 Å². The highest BCUT2D eigenvalue weighted by molar-refractivity contribution is 5.29. The van der Waals surface area contributed by atoms with Gasteiger partial charge < -0.3 is 5.11 Å². The predicted octanol–water partition coefficient (Wildman–Crippen LogP) is 3.73. The molecule has 2 aliphatic rings. The Morgan fingerprint density at radius 1 is 1.06 bits per heavy atom. The summed E-state index contributed by atoms with van der Waals surface area (Å²) in [5.74, 6) is 1.30. The van der Waals surface area contributed by atoms with Crippen LogP contribution in [0.4, 0.5) is 0 Å². The summed E-state index contributed by atoms with van der Waals surface area (Å²) in [4.78, 5) is 0. The number of hydrogen-bond donors (Lipinski definition) is 1. The van der Waals surface area contributed by atoms with Crippen molar-refractivity contribution in [2.45, 2.75) is 57.5 Å². The Morgan fingerprint density at radius 2 is 1.78 bits per heavy atom. The maximum absolute atomic E-state index is 10.5. The molecule has 1 N–H and O–H groups in total. The highest BCUT2D eigenvalue weighted by Crippen LogP contribution is 2.34. The van der Waals surface area contributed by atoms with Gasteiger partial charge in [-0.1, -0.05) is 49.9 Å². The highest BCUT2D eigenvalue weighted by atomic mass is 16.3. The molecule has 0 saturated heterocycles. The lowest BCUT2D eigenvalue weighted by atomic mass is 9.78. The number of rotatable bonds is 3. The van der Waals surface area contributed by atoms with Crippen molar-refractivity contribution in [1.82, 2.24) is 0 Å². The van der Waals surface area contributed by atoms with E-state index < -0.39 is 0 Å². The maximum Gasteiger partial charge on any atom is 0.0574 e. The van der Waals surface area contributed by atoms with Crippen LogP contribution in [0.25, 0.3) is 0 Å². The van der Waals surface area contributed by atoms with Crippen LogP contribution in [0.1, 0.15) is 49.7 Å². The molecule has 18 heavy (non-hydrogen) atoms. The van der Waals surface area contributed by atoms with Crippen LogP contribution in [0.3, 0.4) is 0 Å². The van der Waals surface area contributed by atoms with Crippen molar-refractivity contribution in [3.05, 3.63) is 35.4 Å². The molecule has 2 atom stereocenters. The number of hydrogen-bond acceptors (Lipinski definition) is 1. The number of aliphatic hydroxyl groups excluding tert-OH is 1. The summed E-state index contributed by atoms with van der Waals surface area (Å²) in [7, 11) is 0. The van der Waals surface area contributed by atoms with Gasteiger partial charge in [0.05, 0.1) is 6.10 Å². The molecular weight excluding hydrogens is 220 g/mol. The molecule has 1 aromatic rings. The molecule has 0 amide bonds. The molecule has 2 aliphatic carbocycles. The number of fused-ring (bicyclic) bond motifs is 1. The summed E-state index contributed by atoms with van der Waals surface area (Å²) in [6.45, 7) is 0. The molecule has 1 aromatic carbocycles. The maximum atomic E-state index is 10.5. The fraction of sp³-hybridized carbons (Fsp3) is 0.647. The van der Waals surface area contributed by atoms with Crippen LogP contribution < -0.4 is 0 Å². The first kappa shape index (κ1) is 12.2. The normalized spacial score (nSPS) is 25.9. The predicted molar refractivity (Wildman–Crippen MR) is 74.5 cm³/mol. The fourth-order valence-corrected chi connectivity index (χ4v) is 3.83. The highest BCUT2D eigenvalue weighted by Gasteiger charge is 2.27. The van der Waals surface area contributed by atoms with Gasteiger partial charge in [0.2, 0.25) is 0 Å². The molecule has 0 heterocycles. The zero-order chi connectivity index (χ0) is 12.4. The van der Waals surface area contributed by atoms with Crippen LogP contribution in [0.5, 0.6) is 0 Å². The third kappa shape index (κ3) is 2.61. The third-order valence-electron chi connectivity index (χ3n) is 4.98. The van der Waals surface area contributed by atoms with Gasteiger partial charge in [-0.3, -0.25) is 0 Å². The van der Waals surface area contributed by atoms with Gasteiger partial charge >= 0.3 is 0 Å². The standard InChI is InChI=1S/C17H24O/c18-17(11-13-5-1-2-6-13)16-10-9-14-7-3-4-8-15(14)12-16/h3-4,7-8,13,16-18H,1-2,5-6,9-12H2. The zero-order valence-corrected chi connectivity index (χ0v) is 11.1. The molecule has 2 unspecified atom stereocenters. The summed E-state index contributed by atoms with van der Waals surface area (Å²) >= 11 is 0. The minimum atomic E-state index is -0.0681. The van der Waals surface area contributed by atoms with Crippen LogP contribution in [0.15, 0.2) is 24.3 Å². The van der Waals surface area contributed by atoms with Crippen molar-refractivity contribution in [3.8, 4) is 0 Å². The zero-order valence-electron chi connectivity index (χ0n) is 11.1. The Kier molecular flexibility index (Phi) is 3.69. The molecular formula is C17H24O. The minimum absolute atomic E-state index is 0.0681. The largest absolute Gasteiger partial charge is 0.393 e. The molecule has 1 nitrogen and oxygen atoms in total. The number of aryl methyl sites for hydroxylation is 1. The molecule has 3 rings (SSSR count). The Balaban J connectivity index is 1.60.